The summed E-state index contributed by atoms with van der Waals surface area (Å²) in [6.45, 7) is 1.39. The lowest BCUT2D eigenvalue weighted by atomic mass is 9.85. The smallest absolute Gasteiger partial charge is 0.246 e. The van der Waals surface area contributed by atoms with E-state index in [2.05, 4.69) is 5.32 Å². The molecule has 11 heteroatoms. The molecule has 0 aliphatic carbocycles. The first-order valence-electron chi connectivity index (χ1n) is 12.8. The lowest BCUT2D eigenvalue weighted by molar-refractivity contribution is -0.146. The van der Waals surface area contributed by atoms with Gasteiger partial charge in [0.25, 0.3) is 0 Å². The minimum Gasteiger partial charge on any atom is -0.395 e. The first-order chi connectivity index (χ1) is 18.2. The van der Waals surface area contributed by atoms with Crippen LogP contribution in [0.25, 0.3) is 0 Å². The predicted molar refractivity (Wildman–Crippen MR) is 136 cm³/mol. The fourth-order valence-electron chi connectivity index (χ4n) is 5.22. The maximum Gasteiger partial charge on any atom is 0.246 e. The standard InChI is InChI=1S/C27H34F2N2O6S/c1-19-7-8-25(20-5-3-2-4-6-20)38(34,35)31(19)17-21-15-24(29)22(16-23(21)28)27(9-13-36-14-10-27)37-18-26(33)30-11-12-32/h2-6,15-16,19,25,32H,7-14,17-18H2,1H3,(H,30,33)/t19-,25+/m0/s1. The zero-order valence-corrected chi connectivity index (χ0v) is 22.2. The second-order valence-corrected chi connectivity index (χ2v) is 11.9. The third-order valence-corrected chi connectivity index (χ3v) is 9.73. The molecule has 2 aromatic rings. The second-order valence-electron chi connectivity index (χ2n) is 9.81. The van der Waals surface area contributed by atoms with E-state index in [9.17, 15) is 13.2 Å². The van der Waals surface area contributed by atoms with Crippen LogP contribution in [0.5, 0.6) is 0 Å². The number of ether oxygens (including phenoxy) is 2. The van der Waals surface area contributed by atoms with Gasteiger partial charge in [0.15, 0.2) is 0 Å². The van der Waals surface area contributed by atoms with Gasteiger partial charge in [0.2, 0.25) is 15.9 Å². The number of hydrogen-bond donors (Lipinski definition) is 2. The van der Waals surface area contributed by atoms with Gasteiger partial charge in [0.1, 0.15) is 29.1 Å². The molecule has 208 valence electrons. The molecule has 8 nitrogen and oxygen atoms in total. The Bertz CT molecular complexity index is 1220. The molecule has 38 heavy (non-hydrogen) atoms. The molecule has 2 N–H and O–H groups in total. The van der Waals surface area contributed by atoms with Crippen molar-refractivity contribution in [3.8, 4) is 0 Å². The van der Waals surface area contributed by atoms with E-state index in [1.807, 2.05) is 6.07 Å². The summed E-state index contributed by atoms with van der Waals surface area (Å²) in [5.41, 5.74) is -0.707. The highest BCUT2D eigenvalue weighted by molar-refractivity contribution is 7.89. The van der Waals surface area contributed by atoms with Gasteiger partial charge < -0.3 is 19.9 Å². The molecular weight excluding hydrogens is 518 g/mol. The Morgan fingerprint density at radius 1 is 1.16 bits per heavy atom. The lowest BCUT2D eigenvalue weighted by Crippen LogP contribution is -2.45. The van der Waals surface area contributed by atoms with Crippen LogP contribution in [-0.2, 0) is 36.4 Å². The number of rotatable bonds is 9. The van der Waals surface area contributed by atoms with Crippen molar-refractivity contribution in [3.05, 3.63) is 70.8 Å². The van der Waals surface area contributed by atoms with E-state index in [4.69, 9.17) is 14.6 Å². The largest absolute Gasteiger partial charge is 0.395 e. The van der Waals surface area contributed by atoms with Gasteiger partial charge in [-0.05, 0) is 37.5 Å². The molecule has 4 rings (SSSR count). The van der Waals surface area contributed by atoms with Gasteiger partial charge in [0.05, 0.1) is 6.61 Å². The van der Waals surface area contributed by atoms with Gasteiger partial charge in [-0.3, -0.25) is 4.79 Å². The molecule has 0 saturated carbocycles. The fourth-order valence-corrected chi connectivity index (χ4v) is 7.41. The van der Waals surface area contributed by atoms with Crippen LogP contribution in [-0.4, -0.2) is 62.8 Å². The van der Waals surface area contributed by atoms with Gasteiger partial charge in [-0.25, -0.2) is 17.2 Å². The Labute approximate surface area is 222 Å². The van der Waals surface area contributed by atoms with Crippen molar-refractivity contribution in [3.63, 3.8) is 0 Å². The first kappa shape index (κ1) is 28.6. The van der Waals surface area contributed by atoms with Crippen LogP contribution < -0.4 is 5.32 Å². The number of carbonyl (C=O) groups excluding carboxylic acids is 1. The highest BCUT2D eigenvalue weighted by Crippen LogP contribution is 2.41. The van der Waals surface area contributed by atoms with Crippen molar-refractivity contribution in [2.45, 2.75) is 56.0 Å². The summed E-state index contributed by atoms with van der Waals surface area (Å²) in [5, 5.41) is 10.6. The van der Waals surface area contributed by atoms with Crippen molar-refractivity contribution in [2.24, 2.45) is 0 Å². The van der Waals surface area contributed by atoms with Crippen LogP contribution in [0.4, 0.5) is 8.78 Å². The molecule has 0 spiro atoms. The number of hydrogen-bond acceptors (Lipinski definition) is 6. The van der Waals surface area contributed by atoms with Gasteiger partial charge >= 0.3 is 0 Å². The van der Waals surface area contributed by atoms with Crippen LogP contribution in [0.3, 0.4) is 0 Å². The maximum absolute atomic E-state index is 15.6. The molecule has 2 atom stereocenters. The Kier molecular flexibility index (Phi) is 9.15. The van der Waals surface area contributed by atoms with Crippen molar-refractivity contribution < 1.29 is 36.6 Å². The first-order valence-corrected chi connectivity index (χ1v) is 14.3. The van der Waals surface area contributed by atoms with Crippen LogP contribution in [0.2, 0.25) is 0 Å². The molecular formula is C27H34F2N2O6S. The van der Waals surface area contributed by atoms with Crippen molar-refractivity contribution >= 4 is 15.9 Å². The van der Waals surface area contributed by atoms with Crippen LogP contribution in [0.15, 0.2) is 42.5 Å². The fraction of sp³-hybridized carbons (Fsp3) is 0.519. The van der Waals surface area contributed by atoms with E-state index < -0.39 is 45.0 Å². The number of amides is 1. The zero-order valence-electron chi connectivity index (χ0n) is 21.4. The second kappa shape index (κ2) is 12.2. The molecule has 2 heterocycles. The normalized spacial score (nSPS) is 23.2. The number of nitrogens with one attached hydrogen (secondary N) is 1. The Morgan fingerprint density at radius 2 is 1.87 bits per heavy atom. The summed E-state index contributed by atoms with van der Waals surface area (Å²) < 4.78 is 70.7. The Balaban J connectivity index is 1.60. The highest BCUT2D eigenvalue weighted by atomic mass is 32.2. The third kappa shape index (κ3) is 6.07. The van der Waals surface area contributed by atoms with Crippen LogP contribution >= 0.6 is 0 Å². The van der Waals surface area contributed by atoms with E-state index in [1.165, 1.54) is 4.31 Å². The van der Waals surface area contributed by atoms with Crippen LogP contribution in [0, 0.1) is 11.6 Å². The Morgan fingerprint density at radius 3 is 2.55 bits per heavy atom. The van der Waals surface area contributed by atoms with E-state index in [-0.39, 0.29) is 62.9 Å². The molecule has 1 amide bonds. The maximum atomic E-state index is 15.6. The summed E-state index contributed by atoms with van der Waals surface area (Å²) >= 11 is 0. The topological polar surface area (TPSA) is 105 Å². The number of halogens is 2. The lowest BCUT2D eigenvalue weighted by Gasteiger charge is -2.39. The predicted octanol–water partition coefficient (Wildman–Crippen LogP) is 3.15. The number of sulfonamides is 1. The number of nitrogens with zero attached hydrogens (tertiary/aromatic N) is 1. The van der Waals surface area contributed by atoms with Gasteiger partial charge in [0, 0.05) is 56.3 Å². The molecule has 2 fully saturated rings. The molecule has 0 aromatic heterocycles. The number of aliphatic hydroxyl groups excluding tert-OH is 1. The Hall–Kier alpha value is -2.44. The van der Waals surface area contributed by atoms with Crippen molar-refractivity contribution in [2.75, 3.05) is 33.0 Å². The number of aliphatic hydroxyl groups is 1. The quantitative estimate of drug-likeness (QED) is 0.495. The summed E-state index contributed by atoms with van der Waals surface area (Å²) in [4.78, 5) is 12.1. The van der Waals surface area contributed by atoms with E-state index in [0.717, 1.165) is 12.1 Å². The molecule has 0 bridgehead atoms. The van der Waals surface area contributed by atoms with E-state index in [1.54, 1.807) is 31.2 Å². The third-order valence-electron chi connectivity index (χ3n) is 7.36. The summed E-state index contributed by atoms with van der Waals surface area (Å²) in [7, 11) is -3.82. The van der Waals surface area contributed by atoms with Crippen LogP contribution in [0.1, 0.15) is 54.5 Å². The SMILES string of the molecule is C[C@H]1CC[C@H](c2ccccc2)S(=O)(=O)N1Cc1cc(F)c(C2(OCC(=O)NCCO)CCOCC2)cc1F. The van der Waals surface area contributed by atoms with Gasteiger partial charge in [-0.1, -0.05) is 30.3 Å². The minimum absolute atomic E-state index is 0.0336. The highest BCUT2D eigenvalue weighted by Gasteiger charge is 2.42. The van der Waals surface area contributed by atoms with Crippen molar-refractivity contribution in [1.29, 1.82) is 0 Å². The van der Waals surface area contributed by atoms with Gasteiger partial charge in [-0.2, -0.15) is 4.31 Å². The summed E-state index contributed by atoms with van der Waals surface area (Å²) in [5.74, 6) is -1.97. The molecule has 2 saturated heterocycles. The van der Waals surface area contributed by atoms with Crippen molar-refractivity contribution in [1.82, 2.24) is 9.62 Å². The number of carbonyl (C=O) groups is 1. The molecule has 0 radical (unpaired) electrons. The van der Waals surface area contributed by atoms with E-state index in [0.29, 0.717) is 18.4 Å². The molecule has 0 unspecified atom stereocenters. The average molecular weight is 553 g/mol. The summed E-state index contributed by atoms with van der Waals surface area (Å²) in [6.07, 6.45) is 1.47. The molecule has 2 aliphatic rings. The summed E-state index contributed by atoms with van der Waals surface area (Å²) in [6, 6.07) is 10.6. The molecule has 2 aliphatic heterocycles. The minimum atomic E-state index is -3.82. The average Bonchev–Trinajstić information content (AvgIpc) is 2.91. The zero-order chi connectivity index (χ0) is 27.3. The van der Waals surface area contributed by atoms with Gasteiger partial charge in [-0.15, -0.1) is 0 Å². The molecule has 2 aromatic carbocycles. The van der Waals surface area contributed by atoms with E-state index >= 15 is 8.78 Å². The monoisotopic (exact) mass is 552 g/mol. The number of benzene rings is 2.